The number of amides is 1. The van der Waals surface area contributed by atoms with Crippen molar-refractivity contribution in [2.75, 3.05) is 4.72 Å². The molecule has 0 bridgehead atoms. The van der Waals surface area contributed by atoms with Crippen molar-refractivity contribution in [2.45, 2.75) is 4.90 Å². The van der Waals surface area contributed by atoms with Crippen molar-refractivity contribution >= 4 is 39.4 Å². The van der Waals surface area contributed by atoms with Crippen LogP contribution >= 0.6 is 11.6 Å². The Labute approximate surface area is 172 Å². The van der Waals surface area contributed by atoms with E-state index in [0.717, 1.165) is 0 Å². The molecule has 2 N–H and O–H groups in total. The summed E-state index contributed by atoms with van der Waals surface area (Å²) in [5.41, 5.74) is 3.18. The second-order valence-corrected chi connectivity index (χ2v) is 8.01. The van der Waals surface area contributed by atoms with E-state index in [2.05, 4.69) is 15.2 Å². The first-order chi connectivity index (χ1) is 13.8. The van der Waals surface area contributed by atoms with Crippen LogP contribution in [-0.2, 0) is 10.0 Å². The molecule has 0 aliphatic heterocycles. The molecule has 0 saturated heterocycles. The van der Waals surface area contributed by atoms with Gasteiger partial charge in [-0.15, -0.1) is 0 Å². The Kier molecular flexibility index (Phi) is 6.26. The summed E-state index contributed by atoms with van der Waals surface area (Å²) in [6.45, 7) is 0. The zero-order valence-corrected chi connectivity index (χ0v) is 16.4. The topological polar surface area (TPSA) is 87.6 Å². The maximum atomic E-state index is 13.1. The lowest BCUT2D eigenvalue weighted by Gasteiger charge is -2.09. The van der Waals surface area contributed by atoms with Crippen molar-refractivity contribution in [2.24, 2.45) is 5.10 Å². The molecular weight excluding hydrogens is 417 g/mol. The van der Waals surface area contributed by atoms with E-state index in [-0.39, 0.29) is 10.5 Å². The van der Waals surface area contributed by atoms with Gasteiger partial charge in [-0.05, 0) is 60.2 Å². The summed E-state index contributed by atoms with van der Waals surface area (Å²) < 4.78 is 40.6. The van der Waals surface area contributed by atoms with Crippen LogP contribution in [0.15, 0.2) is 82.8 Å². The molecule has 0 spiro atoms. The normalized spacial score (nSPS) is 11.4. The molecule has 0 atom stereocenters. The van der Waals surface area contributed by atoms with Gasteiger partial charge in [0.25, 0.3) is 15.9 Å². The van der Waals surface area contributed by atoms with E-state index in [1.54, 1.807) is 18.2 Å². The highest BCUT2D eigenvalue weighted by molar-refractivity contribution is 7.92. The second-order valence-electron chi connectivity index (χ2n) is 5.89. The number of carbonyl (C=O) groups is 1. The molecule has 148 valence electrons. The maximum Gasteiger partial charge on any atom is 0.271 e. The van der Waals surface area contributed by atoms with E-state index in [0.29, 0.717) is 16.3 Å². The molecule has 0 saturated carbocycles. The third-order valence-electron chi connectivity index (χ3n) is 3.73. The summed E-state index contributed by atoms with van der Waals surface area (Å²) in [4.78, 5) is 12.2. The van der Waals surface area contributed by atoms with Crippen LogP contribution in [0.3, 0.4) is 0 Å². The number of rotatable bonds is 6. The van der Waals surface area contributed by atoms with E-state index < -0.39 is 21.7 Å². The minimum Gasteiger partial charge on any atom is -0.280 e. The molecule has 29 heavy (non-hydrogen) atoms. The summed E-state index contributed by atoms with van der Waals surface area (Å²) >= 11 is 5.79. The van der Waals surface area contributed by atoms with E-state index in [4.69, 9.17) is 11.6 Å². The molecule has 0 aliphatic carbocycles. The molecule has 3 rings (SSSR count). The fourth-order valence-corrected chi connectivity index (χ4v) is 3.58. The van der Waals surface area contributed by atoms with Gasteiger partial charge in [-0.3, -0.25) is 9.52 Å². The number of benzene rings is 3. The Morgan fingerprint density at radius 1 is 1.00 bits per heavy atom. The monoisotopic (exact) mass is 431 g/mol. The van der Waals surface area contributed by atoms with Crippen LogP contribution < -0.4 is 10.1 Å². The van der Waals surface area contributed by atoms with Gasteiger partial charge in [-0.25, -0.2) is 18.2 Å². The molecule has 6 nitrogen and oxygen atoms in total. The van der Waals surface area contributed by atoms with Gasteiger partial charge in [0.2, 0.25) is 0 Å². The molecule has 9 heteroatoms. The van der Waals surface area contributed by atoms with Gasteiger partial charge in [-0.2, -0.15) is 5.10 Å². The Bertz CT molecular complexity index is 1170. The molecule has 1 amide bonds. The highest BCUT2D eigenvalue weighted by atomic mass is 35.5. The maximum absolute atomic E-state index is 13.1. The summed E-state index contributed by atoms with van der Waals surface area (Å²) in [5, 5.41) is 4.24. The summed E-state index contributed by atoms with van der Waals surface area (Å²) in [5.74, 6) is -1.03. The van der Waals surface area contributed by atoms with E-state index in [9.17, 15) is 17.6 Å². The molecule has 0 heterocycles. The van der Waals surface area contributed by atoms with Crippen LogP contribution in [0.1, 0.15) is 15.9 Å². The molecule has 0 unspecified atom stereocenters. The molecule has 3 aromatic carbocycles. The van der Waals surface area contributed by atoms with Gasteiger partial charge in [0.05, 0.1) is 11.1 Å². The number of hydrazone groups is 1. The minimum atomic E-state index is -3.90. The van der Waals surface area contributed by atoms with Crippen molar-refractivity contribution in [3.05, 3.63) is 94.8 Å². The average Bonchev–Trinajstić information content (AvgIpc) is 2.70. The number of anilines is 1. The summed E-state index contributed by atoms with van der Waals surface area (Å²) in [6, 6.07) is 17.3. The lowest BCUT2D eigenvalue weighted by Crippen LogP contribution is -2.19. The smallest absolute Gasteiger partial charge is 0.271 e. The predicted octanol–water partition coefficient (Wildman–Crippen LogP) is 4.04. The quantitative estimate of drug-likeness (QED) is 0.456. The van der Waals surface area contributed by atoms with Gasteiger partial charge in [0.1, 0.15) is 5.82 Å². The summed E-state index contributed by atoms with van der Waals surface area (Å²) in [7, 11) is -3.90. The number of nitrogens with zero attached hydrogens (tertiary/aromatic N) is 1. The predicted molar refractivity (Wildman–Crippen MR) is 110 cm³/mol. The first kappa shape index (κ1) is 20.5. The fourth-order valence-electron chi connectivity index (χ4n) is 2.35. The van der Waals surface area contributed by atoms with Crippen molar-refractivity contribution in [3.63, 3.8) is 0 Å². The minimum absolute atomic E-state index is 0.0887. The van der Waals surface area contributed by atoms with Gasteiger partial charge in [-0.1, -0.05) is 29.8 Å². The largest absolute Gasteiger partial charge is 0.280 e. The molecular formula is C20H15ClFN3O3S. The van der Waals surface area contributed by atoms with Crippen LogP contribution in [0, 0.1) is 5.82 Å². The van der Waals surface area contributed by atoms with E-state index >= 15 is 0 Å². The van der Waals surface area contributed by atoms with Crippen LogP contribution in [0.4, 0.5) is 10.1 Å². The summed E-state index contributed by atoms with van der Waals surface area (Å²) in [6.07, 6.45) is 1.28. The molecule has 0 aliphatic rings. The number of sulfonamides is 1. The Morgan fingerprint density at radius 3 is 2.45 bits per heavy atom. The van der Waals surface area contributed by atoms with Gasteiger partial charge >= 0.3 is 0 Å². The van der Waals surface area contributed by atoms with Gasteiger partial charge in [0.15, 0.2) is 0 Å². The van der Waals surface area contributed by atoms with Crippen LogP contribution in [-0.4, -0.2) is 20.5 Å². The molecule has 0 aromatic heterocycles. The zero-order chi connectivity index (χ0) is 20.9. The van der Waals surface area contributed by atoms with Crippen molar-refractivity contribution in [3.8, 4) is 0 Å². The van der Waals surface area contributed by atoms with Crippen LogP contribution in [0.25, 0.3) is 0 Å². The van der Waals surface area contributed by atoms with Gasteiger partial charge in [0, 0.05) is 16.3 Å². The number of hydrogen-bond donors (Lipinski definition) is 2. The Morgan fingerprint density at radius 2 is 1.72 bits per heavy atom. The van der Waals surface area contributed by atoms with E-state index in [1.165, 1.54) is 60.8 Å². The SMILES string of the molecule is O=C(N/N=C/c1cccc(F)c1)c1cccc(S(=O)(=O)Nc2ccc(Cl)cc2)c1. The number of halogens is 2. The standard InChI is InChI=1S/C20H15ClFN3O3S/c21-16-7-9-18(10-8-16)25-29(27,28)19-6-2-4-15(12-19)20(26)24-23-13-14-3-1-5-17(22)11-14/h1-13,25H,(H,24,26)/b23-13+. The lowest BCUT2D eigenvalue weighted by atomic mass is 10.2. The molecule has 0 fully saturated rings. The molecule has 0 radical (unpaired) electrons. The zero-order valence-electron chi connectivity index (χ0n) is 14.8. The lowest BCUT2D eigenvalue weighted by molar-refractivity contribution is 0.0955. The Hall–Kier alpha value is -3.23. The fraction of sp³-hybridized carbons (Fsp3) is 0. The van der Waals surface area contributed by atoms with E-state index in [1.807, 2.05) is 0 Å². The molecule has 3 aromatic rings. The highest BCUT2D eigenvalue weighted by Crippen LogP contribution is 2.19. The number of hydrogen-bond acceptors (Lipinski definition) is 4. The van der Waals surface area contributed by atoms with Crippen molar-refractivity contribution < 1.29 is 17.6 Å². The van der Waals surface area contributed by atoms with Crippen molar-refractivity contribution in [1.82, 2.24) is 5.43 Å². The van der Waals surface area contributed by atoms with Crippen LogP contribution in [0.2, 0.25) is 5.02 Å². The number of carbonyl (C=O) groups excluding carboxylic acids is 1. The van der Waals surface area contributed by atoms with Crippen molar-refractivity contribution in [1.29, 1.82) is 0 Å². The third-order valence-corrected chi connectivity index (χ3v) is 5.36. The average molecular weight is 432 g/mol. The second kappa shape index (κ2) is 8.85. The third kappa shape index (κ3) is 5.63. The first-order valence-electron chi connectivity index (χ1n) is 8.31. The van der Waals surface area contributed by atoms with Gasteiger partial charge < -0.3 is 0 Å². The van der Waals surface area contributed by atoms with Crippen LogP contribution in [0.5, 0.6) is 0 Å². The number of nitrogens with one attached hydrogen (secondary N) is 2. The highest BCUT2D eigenvalue weighted by Gasteiger charge is 2.16. The Balaban J connectivity index is 1.72. The first-order valence-corrected chi connectivity index (χ1v) is 10.2.